The van der Waals surface area contributed by atoms with Gasteiger partial charge in [-0.2, -0.15) is 5.10 Å². The number of nitrogens with zero attached hydrogens (tertiary/aromatic N) is 3. The Balaban J connectivity index is 2.22. The number of carboxylic acid groups (broad SMARTS) is 1. The number of para-hydroxylation sites is 1. The quantitative estimate of drug-likeness (QED) is 0.779. The second-order valence-corrected chi connectivity index (χ2v) is 4.33. The van der Waals surface area contributed by atoms with Crippen LogP contribution in [0.25, 0.3) is 16.7 Å². The van der Waals surface area contributed by atoms with Crippen LogP contribution < -0.4 is 0 Å². The van der Waals surface area contributed by atoms with Gasteiger partial charge >= 0.3 is 5.97 Å². The molecule has 0 saturated carbocycles. The molecular weight excluding hydrogens is 266 g/mol. The van der Waals surface area contributed by atoms with E-state index in [0.29, 0.717) is 5.82 Å². The van der Waals surface area contributed by atoms with E-state index in [2.05, 4.69) is 10.1 Å². The minimum absolute atomic E-state index is 0.104. The average Bonchev–Trinajstić information content (AvgIpc) is 2.83. The molecule has 3 aromatic rings. The lowest BCUT2D eigenvalue weighted by Crippen LogP contribution is -2.06. The average molecular weight is 274 g/mol. The van der Waals surface area contributed by atoms with Crippen LogP contribution in [0.4, 0.5) is 0 Å². The van der Waals surface area contributed by atoms with Crippen molar-refractivity contribution in [3.8, 4) is 5.82 Å². The lowest BCUT2D eigenvalue weighted by atomic mass is 10.2. The van der Waals surface area contributed by atoms with E-state index < -0.39 is 5.97 Å². The van der Waals surface area contributed by atoms with Crippen molar-refractivity contribution in [1.82, 2.24) is 14.8 Å². The van der Waals surface area contributed by atoms with Crippen LogP contribution in [0.15, 0.2) is 42.6 Å². The molecule has 5 nitrogen and oxygen atoms in total. The Labute approximate surface area is 113 Å². The Kier molecular flexibility index (Phi) is 2.68. The Morgan fingerprint density at radius 2 is 2.00 bits per heavy atom. The number of aromatic carboxylic acids is 1. The topological polar surface area (TPSA) is 68.0 Å². The van der Waals surface area contributed by atoms with Crippen molar-refractivity contribution in [2.45, 2.75) is 0 Å². The number of hydrogen-bond acceptors (Lipinski definition) is 3. The molecule has 2 heterocycles. The van der Waals surface area contributed by atoms with Crippen molar-refractivity contribution in [3.63, 3.8) is 0 Å². The summed E-state index contributed by atoms with van der Waals surface area (Å²) in [5, 5.41) is 14.3. The van der Waals surface area contributed by atoms with Gasteiger partial charge in [-0.1, -0.05) is 29.8 Å². The Hall–Kier alpha value is -2.40. The van der Waals surface area contributed by atoms with Crippen LogP contribution in [0.5, 0.6) is 0 Å². The van der Waals surface area contributed by atoms with Gasteiger partial charge in [0, 0.05) is 5.39 Å². The molecule has 0 aliphatic heterocycles. The van der Waals surface area contributed by atoms with Crippen LogP contribution >= 0.6 is 11.6 Å². The molecule has 94 valence electrons. The Bertz CT molecular complexity index is 782. The van der Waals surface area contributed by atoms with E-state index >= 15 is 0 Å². The summed E-state index contributed by atoms with van der Waals surface area (Å²) in [6.45, 7) is 0. The lowest BCUT2D eigenvalue weighted by molar-refractivity contribution is 0.0690. The zero-order valence-corrected chi connectivity index (χ0v) is 10.4. The molecule has 0 fully saturated rings. The fraction of sp³-hybridized carbons (Fsp3) is 0. The fourth-order valence-corrected chi connectivity index (χ4v) is 2.04. The lowest BCUT2D eigenvalue weighted by Gasteiger charge is -2.04. The van der Waals surface area contributed by atoms with E-state index in [1.165, 1.54) is 6.07 Å². The molecular formula is C13H8ClN3O2. The van der Waals surface area contributed by atoms with Crippen LogP contribution in [0.1, 0.15) is 10.5 Å². The minimum Gasteiger partial charge on any atom is -0.476 e. The Morgan fingerprint density at radius 1 is 1.21 bits per heavy atom. The minimum atomic E-state index is -1.16. The van der Waals surface area contributed by atoms with Crippen molar-refractivity contribution in [1.29, 1.82) is 0 Å². The summed E-state index contributed by atoms with van der Waals surface area (Å²) in [6.07, 6.45) is 1.70. The van der Waals surface area contributed by atoms with Crippen molar-refractivity contribution in [2.24, 2.45) is 0 Å². The van der Waals surface area contributed by atoms with Gasteiger partial charge in [0.1, 0.15) is 0 Å². The van der Waals surface area contributed by atoms with E-state index in [-0.39, 0.29) is 10.7 Å². The third-order valence-corrected chi connectivity index (χ3v) is 3.03. The summed E-state index contributed by atoms with van der Waals surface area (Å²) in [5.74, 6) is -0.744. The molecule has 19 heavy (non-hydrogen) atoms. The van der Waals surface area contributed by atoms with Crippen molar-refractivity contribution in [2.75, 3.05) is 0 Å². The van der Waals surface area contributed by atoms with Crippen LogP contribution in [-0.2, 0) is 0 Å². The zero-order valence-electron chi connectivity index (χ0n) is 9.62. The monoisotopic (exact) mass is 273 g/mol. The third kappa shape index (κ3) is 1.94. The van der Waals surface area contributed by atoms with Gasteiger partial charge in [0.25, 0.3) is 0 Å². The van der Waals surface area contributed by atoms with Crippen molar-refractivity contribution >= 4 is 28.5 Å². The van der Waals surface area contributed by atoms with E-state index in [9.17, 15) is 4.79 Å². The predicted octanol–water partition coefficient (Wildman–Crippen LogP) is 2.77. The largest absolute Gasteiger partial charge is 0.476 e. The number of carbonyl (C=O) groups is 1. The highest BCUT2D eigenvalue weighted by Crippen LogP contribution is 2.20. The Morgan fingerprint density at radius 3 is 2.79 bits per heavy atom. The number of carboxylic acids is 1. The molecule has 0 radical (unpaired) electrons. The standard InChI is InChI=1S/C13H8ClN3O2/c14-9-5-6-11(16-12(9)13(18)19)17-10-4-2-1-3-8(10)7-15-17/h1-7H,(H,18,19). The highest BCUT2D eigenvalue weighted by molar-refractivity contribution is 6.33. The molecule has 2 aromatic heterocycles. The molecule has 0 aliphatic rings. The predicted molar refractivity (Wildman–Crippen MR) is 70.8 cm³/mol. The molecule has 0 saturated heterocycles. The van der Waals surface area contributed by atoms with Gasteiger partial charge < -0.3 is 5.11 Å². The van der Waals surface area contributed by atoms with E-state index in [1.54, 1.807) is 16.9 Å². The fourth-order valence-electron chi connectivity index (χ4n) is 1.85. The normalized spacial score (nSPS) is 10.8. The van der Waals surface area contributed by atoms with Crippen molar-refractivity contribution < 1.29 is 9.90 Å². The van der Waals surface area contributed by atoms with Gasteiger partial charge in [0.05, 0.1) is 16.7 Å². The molecule has 0 atom stereocenters. The zero-order chi connectivity index (χ0) is 13.4. The molecule has 0 unspecified atom stereocenters. The molecule has 0 aliphatic carbocycles. The maximum absolute atomic E-state index is 11.0. The van der Waals surface area contributed by atoms with E-state index in [0.717, 1.165) is 10.9 Å². The summed E-state index contributed by atoms with van der Waals surface area (Å²) < 4.78 is 1.58. The summed E-state index contributed by atoms with van der Waals surface area (Å²) in [4.78, 5) is 15.1. The number of fused-ring (bicyclic) bond motifs is 1. The number of hydrogen-bond donors (Lipinski definition) is 1. The number of benzene rings is 1. The van der Waals surface area contributed by atoms with Gasteiger partial charge in [0.2, 0.25) is 0 Å². The highest BCUT2D eigenvalue weighted by atomic mass is 35.5. The smallest absolute Gasteiger partial charge is 0.356 e. The van der Waals surface area contributed by atoms with Gasteiger partial charge in [-0.05, 0) is 18.2 Å². The van der Waals surface area contributed by atoms with Gasteiger partial charge in [-0.25, -0.2) is 14.5 Å². The first-order valence-corrected chi connectivity index (χ1v) is 5.87. The maximum Gasteiger partial charge on any atom is 0.356 e. The van der Waals surface area contributed by atoms with Gasteiger partial charge in [0.15, 0.2) is 11.5 Å². The van der Waals surface area contributed by atoms with Crippen LogP contribution in [0.3, 0.4) is 0 Å². The summed E-state index contributed by atoms with van der Waals surface area (Å²) in [7, 11) is 0. The van der Waals surface area contributed by atoms with E-state index in [4.69, 9.17) is 16.7 Å². The summed E-state index contributed by atoms with van der Waals surface area (Å²) in [5.41, 5.74) is 0.674. The van der Waals surface area contributed by atoms with Gasteiger partial charge in [-0.3, -0.25) is 0 Å². The maximum atomic E-state index is 11.0. The third-order valence-electron chi connectivity index (χ3n) is 2.73. The first kappa shape index (κ1) is 11.7. The summed E-state index contributed by atoms with van der Waals surface area (Å²) in [6, 6.07) is 10.7. The van der Waals surface area contributed by atoms with Crippen LogP contribution in [0.2, 0.25) is 5.02 Å². The molecule has 3 rings (SSSR count). The second-order valence-electron chi connectivity index (χ2n) is 3.92. The number of rotatable bonds is 2. The number of halogens is 1. The molecule has 0 spiro atoms. The molecule has 0 amide bonds. The number of pyridine rings is 1. The number of aromatic nitrogens is 3. The molecule has 0 bridgehead atoms. The molecule has 1 aromatic carbocycles. The highest BCUT2D eigenvalue weighted by Gasteiger charge is 2.13. The second kappa shape index (κ2) is 4.37. The first-order valence-electron chi connectivity index (χ1n) is 5.50. The molecule has 6 heteroatoms. The first-order chi connectivity index (χ1) is 9.16. The van der Waals surface area contributed by atoms with Crippen molar-refractivity contribution in [3.05, 3.63) is 53.3 Å². The summed E-state index contributed by atoms with van der Waals surface area (Å²) >= 11 is 5.80. The van der Waals surface area contributed by atoms with Gasteiger partial charge in [-0.15, -0.1) is 0 Å². The SMILES string of the molecule is O=C(O)c1nc(-n2ncc3ccccc32)ccc1Cl. The van der Waals surface area contributed by atoms with Crippen LogP contribution in [0, 0.1) is 0 Å². The van der Waals surface area contributed by atoms with Crippen LogP contribution in [-0.4, -0.2) is 25.8 Å². The van der Waals surface area contributed by atoms with E-state index in [1.807, 2.05) is 24.3 Å². The molecule has 1 N–H and O–H groups in total.